The molecule has 1 aromatic heterocycles. The van der Waals surface area contributed by atoms with Crippen molar-refractivity contribution in [2.45, 2.75) is 32.0 Å². The molecule has 0 aliphatic heterocycles. The first-order valence-electron chi connectivity index (χ1n) is 6.64. The van der Waals surface area contributed by atoms with E-state index in [0.717, 1.165) is 17.8 Å². The van der Waals surface area contributed by atoms with Crippen LogP contribution < -0.4 is 0 Å². The lowest BCUT2D eigenvalue weighted by Gasteiger charge is -2.18. The zero-order chi connectivity index (χ0) is 16.9. The summed E-state index contributed by atoms with van der Waals surface area (Å²) >= 11 is 0.858. The Balaban J connectivity index is 3.08. The van der Waals surface area contributed by atoms with E-state index in [4.69, 9.17) is 5.26 Å². The van der Waals surface area contributed by atoms with E-state index < -0.39 is 17.3 Å². The molecular formula is C14H16F3N3OS. The number of rotatable bonds is 5. The number of halogens is 3. The molecule has 8 heteroatoms. The maximum atomic E-state index is 13.0. The summed E-state index contributed by atoms with van der Waals surface area (Å²) in [7, 11) is 0. The molecule has 22 heavy (non-hydrogen) atoms. The molecule has 0 saturated carbocycles. The molecule has 0 aliphatic rings. The van der Waals surface area contributed by atoms with Crippen LogP contribution in [0.2, 0.25) is 0 Å². The van der Waals surface area contributed by atoms with Gasteiger partial charge in [0.1, 0.15) is 11.1 Å². The van der Waals surface area contributed by atoms with Gasteiger partial charge in [-0.25, -0.2) is 4.98 Å². The first kappa shape index (κ1) is 18.3. The predicted octanol–water partition coefficient (Wildman–Crippen LogP) is 3.24. The van der Waals surface area contributed by atoms with E-state index in [2.05, 4.69) is 4.98 Å². The van der Waals surface area contributed by atoms with Gasteiger partial charge in [0.15, 0.2) is 0 Å². The minimum Gasteiger partial charge on any atom is -0.343 e. The molecule has 0 unspecified atom stereocenters. The zero-order valence-electron chi connectivity index (χ0n) is 12.5. The van der Waals surface area contributed by atoms with Gasteiger partial charge in [-0.2, -0.15) is 18.4 Å². The Morgan fingerprint density at radius 3 is 2.45 bits per heavy atom. The quantitative estimate of drug-likeness (QED) is 0.777. The average molecular weight is 331 g/mol. The van der Waals surface area contributed by atoms with Crippen molar-refractivity contribution in [3.8, 4) is 6.07 Å². The first-order valence-corrected chi connectivity index (χ1v) is 7.62. The van der Waals surface area contributed by atoms with Crippen LogP contribution in [0.4, 0.5) is 13.2 Å². The second-order valence-corrected chi connectivity index (χ2v) is 5.42. The van der Waals surface area contributed by atoms with Gasteiger partial charge in [0.25, 0.3) is 0 Å². The number of pyridine rings is 1. The largest absolute Gasteiger partial charge is 0.417 e. The number of aryl methyl sites for hydroxylation is 1. The summed E-state index contributed by atoms with van der Waals surface area (Å²) in [6.45, 7) is 6.11. The molecule has 0 bridgehead atoms. The molecule has 1 rings (SSSR count). The molecule has 0 spiro atoms. The maximum absolute atomic E-state index is 13.0. The van der Waals surface area contributed by atoms with E-state index in [-0.39, 0.29) is 22.4 Å². The van der Waals surface area contributed by atoms with Gasteiger partial charge in [-0.1, -0.05) is 11.8 Å². The Kier molecular flexibility index (Phi) is 6.23. The van der Waals surface area contributed by atoms with Crippen molar-refractivity contribution in [2.75, 3.05) is 18.8 Å². The number of carbonyl (C=O) groups excluding carboxylic acids is 1. The molecule has 0 N–H and O–H groups in total. The van der Waals surface area contributed by atoms with Crippen LogP contribution in [-0.4, -0.2) is 34.6 Å². The van der Waals surface area contributed by atoms with Gasteiger partial charge in [0, 0.05) is 18.8 Å². The Hall–Kier alpha value is -1.75. The second-order valence-electron chi connectivity index (χ2n) is 4.46. The Morgan fingerprint density at radius 1 is 1.41 bits per heavy atom. The third-order valence-electron chi connectivity index (χ3n) is 2.98. The molecule has 0 radical (unpaired) electrons. The minimum atomic E-state index is -4.63. The highest BCUT2D eigenvalue weighted by atomic mass is 32.2. The van der Waals surface area contributed by atoms with E-state index in [1.54, 1.807) is 11.0 Å². The smallest absolute Gasteiger partial charge is 0.343 e. The van der Waals surface area contributed by atoms with Gasteiger partial charge in [-0.05, 0) is 26.8 Å². The summed E-state index contributed by atoms with van der Waals surface area (Å²) in [6.07, 6.45) is -4.63. The number of thioether (sulfide) groups is 1. The number of aromatic nitrogens is 1. The molecule has 1 aromatic rings. The first-order chi connectivity index (χ1) is 10.2. The fourth-order valence-corrected chi connectivity index (χ4v) is 2.83. The SMILES string of the molecule is CCN(CC)C(=O)CSc1nc(C)cc(C(F)(F)F)c1C#N. The molecule has 120 valence electrons. The van der Waals surface area contributed by atoms with Crippen molar-refractivity contribution in [1.29, 1.82) is 5.26 Å². The molecule has 0 fully saturated rings. The fourth-order valence-electron chi connectivity index (χ4n) is 1.88. The summed E-state index contributed by atoms with van der Waals surface area (Å²) in [6, 6.07) is 2.39. The standard InChI is InChI=1S/C14H16F3N3OS/c1-4-20(5-2)12(21)8-22-13-10(7-18)11(14(15,16)17)6-9(3)19-13/h6H,4-5,8H2,1-3H3. The fraction of sp³-hybridized carbons (Fsp3) is 0.500. The topological polar surface area (TPSA) is 57.0 Å². The highest BCUT2D eigenvalue weighted by Gasteiger charge is 2.35. The van der Waals surface area contributed by atoms with E-state index in [9.17, 15) is 18.0 Å². The van der Waals surface area contributed by atoms with Crippen LogP contribution in [0.25, 0.3) is 0 Å². The van der Waals surface area contributed by atoms with Crippen LogP contribution in [0.3, 0.4) is 0 Å². The van der Waals surface area contributed by atoms with E-state index in [0.29, 0.717) is 13.1 Å². The van der Waals surface area contributed by atoms with E-state index >= 15 is 0 Å². The highest BCUT2D eigenvalue weighted by molar-refractivity contribution is 8.00. The van der Waals surface area contributed by atoms with Crippen molar-refractivity contribution in [1.82, 2.24) is 9.88 Å². The Bertz CT molecular complexity index is 592. The number of nitrogens with zero attached hydrogens (tertiary/aromatic N) is 3. The van der Waals surface area contributed by atoms with Crippen molar-refractivity contribution in [2.24, 2.45) is 0 Å². The van der Waals surface area contributed by atoms with Crippen molar-refractivity contribution in [3.63, 3.8) is 0 Å². The molecule has 0 atom stereocenters. The predicted molar refractivity (Wildman–Crippen MR) is 77.3 cm³/mol. The van der Waals surface area contributed by atoms with Crippen LogP contribution in [0.1, 0.15) is 30.7 Å². The van der Waals surface area contributed by atoms with Crippen LogP contribution in [0, 0.1) is 18.3 Å². The van der Waals surface area contributed by atoms with Crippen molar-refractivity contribution >= 4 is 17.7 Å². The lowest BCUT2D eigenvalue weighted by molar-refractivity contribution is -0.138. The second kappa shape index (κ2) is 7.49. The van der Waals surface area contributed by atoms with Gasteiger partial charge < -0.3 is 4.90 Å². The van der Waals surface area contributed by atoms with Crippen LogP contribution in [0.15, 0.2) is 11.1 Å². The summed E-state index contributed by atoms with van der Waals surface area (Å²) in [4.78, 5) is 17.5. The van der Waals surface area contributed by atoms with Gasteiger partial charge in [0.2, 0.25) is 5.91 Å². The summed E-state index contributed by atoms with van der Waals surface area (Å²) < 4.78 is 38.9. The van der Waals surface area contributed by atoms with Crippen molar-refractivity contribution in [3.05, 3.63) is 22.9 Å². The zero-order valence-corrected chi connectivity index (χ0v) is 13.3. The summed E-state index contributed by atoms with van der Waals surface area (Å²) in [5.74, 6) is -0.250. The number of nitriles is 1. The van der Waals surface area contributed by atoms with E-state index in [1.165, 1.54) is 6.92 Å². The lowest BCUT2D eigenvalue weighted by Crippen LogP contribution is -2.31. The number of hydrogen-bond donors (Lipinski definition) is 0. The molecular weight excluding hydrogens is 315 g/mol. The van der Waals surface area contributed by atoms with E-state index in [1.807, 2.05) is 13.8 Å². The molecule has 1 amide bonds. The third kappa shape index (κ3) is 4.37. The minimum absolute atomic E-state index is 0.0515. The number of amides is 1. The van der Waals surface area contributed by atoms with Gasteiger partial charge >= 0.3 is 6.18 Å². The van der Waals surface area contributed by atoms with Gasteiger partial charge in [-0.15, -0.1) is 0 Å². The molecule has 1 heterocycles. The number of alkyl halides is 3. The molecule has 4 nitrogen and oxygen atoms in total. The number of carbonyl (C=O) groups is 1. The monoisotopic (exact) mass is 331 g/mol. The van der Waals surface area contributed by atoms with Gasteiger partial charge in [0.05, 0.1) is 16.9 Å². The van der Waals surface area contributed by atoms with Gasteiger partial charge in [-0.3, -0.25) is 4.79 Å². The lowest BCUT2D eigenvalue weighted by atomic mass is 10.1. The molecule has 0 aliphatic carbocycles. The molecule has 0 saturated heterocycles. The third-order valence-corrected chi connectivity index (χ3v) is 3.94. The number of hydrogen-bond acceptors (Lipinski definition) is 4. The van der Waals surface area contributed by atoms with Crippen LogP contribution in [-0.2, 0) is 11.0 Å². The Morgan fingerprint density at radius 2 is 2.00 bits per heavy atom. The van der Waals surface area contributed by atoms with Crippen molar-refractivity contribution < 1.29 is 18.0 Å². The highest BCUT2D eigenvalue weighted by Crippen LogP contribution is 2.35. The van der Waals surface area contributed by atoms with Crippen LogP contribution >= 0.6 is 11.8 Å². The Labute approximate surface area is 131 Å². The summed E-state index contributed by atoms with van der Waals surface area (Å²) in [5.41, 5.74) is -1.39. The van der Waals surface area contributed by atoms with Crippen LogP contribution in [0.5, 0.6) is 0 Å². The molecule has 0 aromatic carbocycles. The average Bonchev–Trinajstić information content (AvgIpc) is 2.44. The maximum Gasteiger partial charge on any atom is 0.417 e. The normalized spacial score (nSPS) is 11.1. The summed E-state index contributed by atoms with van der Waals surface area (Å²) in [5, 5.41) is 8.96.